The first-order chi connectivity index (χ1) is 10.2. The topological polar surface area (TPSA) is 58.2 Å². The molecule has 2 amide bonds. The number of halogens is 1. The second-order valence-electron chi connectivity index (χ2n) is 4.40. The lowest BCUT2D eigenvalue weighted by Crippen LogP contribution is -2.27. The minimum Gasteiger partial charge on any atom is -0.352 e. The van der Waals surface area contributed by atoms with Crippen molar-refractivity contribution in [1.82, 2.24) is 5.32 Å². The lowest BCUT2D eigenvalue weighted by atomic mass is 10.2. The molecule has 0 bridgehead atoms. The van der Waals surface area contributed by atoms with Gasteiger partial charge in [-0.1, -0.05) is 41.9 Å². The summed E-state index contributed by atoms with van der Waals surface area (Å²) in [6, 6.07) is 15.9. The van der Waals surface area contributed by atoms with Crippen molar-refractivity contribution in [3.63, 3.8) is 0 Å². The Balaban J connectivity index is 1.77. The molecule has 0 atom stereocenters. The smallest absolute Gasteiger partial charge is 0.251 e. The number of anilines is 1. The predicted molar refractivity (Wildman–Crippen MR) is 83.5 cm³/mol. The van der Waals surface area contributed by atoms with Crippen LogP contribution in [-0.4, -0.2) is 18.4 Å². The van der Waals surface area contributed by atoms with Gasteiger partial charge in [0.15, 0.2) is 0 Å². The van der Waals surface area contributed by atoms with Gasteiger partial charge in [0.25, 0.3) is 5.91 Å². The summed E-state index contributed by atoms with van der Waals surface area (Å²) in [7, 11) is 0. The molecule has 0 heterocycles. The van der Waals surface area contributed by atoms with Gasteiger partial charge in [0.1, 0.15) is 0 Å². The maximum absolute atomic E-state index is 11.8. The standard InChI is InChI=1S/C16H15ClN2O2/c17-13-8-4-5-9-14(13)19-15(20)10-11-18-16(21)12-6-2-1-3-7-12/h1-9H,10-11H2,(H,18,21)(H,19,20). The summed E-state index contributed by atoms with van der Waals surface area (Å²) in [5, 5.41) is 5.88. The summed E-state index contributed by atoms with van der Waals surface area (Å²) >= 11 is 5.95. The van der Waals surface area contributed by atoms with Crippen LogP contribution in [0.2, 0.25) is 5.02 Å². The maximum atomic E-state index is 11.8. The van der Waals surface area contributed by atoms with Crippen molar-refractivity contribution in [1.29, 1.82) is 0 Å². The van der Waals surface area contributed by atoms with Crippen LogP contribution >= 0.6 is 11.6 Å². The molecule has 0 fully saturated rings. The van der Waals surface area contributed by atoms with Crippen LogP contribution in [0.1, 0.15) is 16.8 Å². The highest BCUT2D eigenvalue weighted by atomic mass is 35.5. The lowest BCUT2D eigenvalue weighted by Gasteiger charge is -2.08. The molecule has 21 heavy (non-hydrogen) atoms. The Morgan fingerprint density at radius 3 is 2.33 bits per heavy atom. The molecular weight excluding hydrogens is 288 g/mol. The molecular formula is C16H15ClN2O2. The molecule has 108 valence electrons. The van der Waals surface area contributed by atoms with Crippen molar-refractivity contribution in [3.8, 4) is 0 Å². The Bertz CT molecular complexity index is 629. The number of benzene rings is 2. The molecule has 0 saturated heterocycles. The third-order valence-corrected chi connectivity index (χ3v) is 3.15. The van der Waals surface area contributed by atoms with Gasteiger partial charge in [-0.15, -0.1) is 0 Å². The summed E-state index contributed by atoms with van der Waals surface area (Å²) in [6.45, 7) is 0.268. The SMILES string of the molecule is O=C(CCNC(=O)c1ccccc1)Nc1ccccc1Cl. The van der Waals surface area contributed by atoms with Gasteiger partial charge in [-0.25, -0.2) is 0 Å². The summed E-state index contributed by atoms with van der Waals surface area (Å²) in [5.74, 6) is -0.391. The van der Waals surface area contributed by atoms with E-state index in [1.807, 2.05) is 6.07 Å². The van der Waals surface area contributed by atoms with Crippen molar-refractivity contribution in [2.75, 3.05) is 11.9 Å². The van der Waals surface area contributed by atoms with Crippen LogP contribution < -0.4 is 10.6 Å². The fourth-order valence-electron chi connectivity index (χ4n) is 1.76. The lowest BCUT2D eigenvalue weighted by molar-refractivity contribution is -0.116. The predicted octanol–water partition coefficient (Wildman–Crippen LogP) is 3.10. The number of hydrogen-bond acceptors (Lipinski definition) is 2. The van der Waals surface area contributed by atoms with Gasteiger partial charge >= 0.3 is 0 Å². The van der Waals surface area contributed by atoms with E-state index in [9.17, 15) is 9.59 Å². The zero-order chi connectivity index (χ0) is 15.1. The number of hydrogen-bond donors (Lipinski definition) is 2. The fourth-order valence-corrected chi connectivity index (χ4v) is 1.94. The van der Waals surface area contributed by atoms with Crippen LogP contribution in [0.25, 0.3) is 0 Å². The largest absolute Gasteiger partial charge is 0.352 e. The Morgan fingerprint density at radius 1 is 0.952 bits per heavy atom. The Kier molecular flexibility index (Phi) is 5.35. The van der Waals surface area contributed by atoms with Gasteiger partial charge in [-0.3, -0.25) is 9.59 Å². The highest BCUT2D eigenvalue weighted by Crippen LogP contribution is 2.20. The van der Waals surface area contributed by atoms with E-state index in [2.05, 4.69) is 10.6 Å². The molecule has 5 heteroatoms. The zero-order valence-corrected chi connectivity index (χ0v) is 12.1. The average molecular weight is 303 g/mol. The Hall–Kier alpha value is -2.33. The van der Waals surface area contributed by atoms with Gasteiger partial charge in [-0.05, 0) is 24.3 Å². The molecule has 0 aliphatic heterocycles. The highest BCUT2D eigenvalue weighted by molar-refractivity contribution is 6.33. The van der Waals surface area contributed by atoms with E-state index in [-0.39, 0.29) is 24.8 Å². The maximum Gasteiger partial charge on any atom is 0.251 e. The molecule has 0 unspecified atom stereocenters. The second-order valence-corrected chi connectivity index (χ2v) is 4.81. The minimum atomic E-state index is -0.198. The van der Waals surface area contributed by atoms with Crippen molar-refractivity contribution >= 4 is 29.1 Å². The quantitative estimate of drug-likeness (QED) is 0.891. The molecule has 0 aromatic heterocycles. The van der Waals surface area contributed by atoms with E-state index in [1.165, 1.54) is 0 Å². The van der Waals surface area contributed by atoms with Crippen LogP contribution in [0.4, 0.5) is 5.69 Å². The molecule has 4 nitrogen and oxygen atoms in total. The molecule has 0 spiro atoms. The third kappa shape index (κ3) is 4.61. The summed E-state index contributed by atoms with van der Waals surface area (Å²) in [5.41, 5.74) is 1.14. The molecule has 2 aromatic carbocycles. The van der Waals surface area contributed by atoms with E-state index in [0.29, 0.717) is 16.3 Å². The average Bonchev–Trinajstić information content (AvgIpc) is 2.50. The van der Waals surface area contributed by atoms with E-state index in [1.54, 1.807) is 48.5 Å². The minimum absolute atomic E-state index is 0.184. The van der Waals surface area contributed by atoms with Crippen molar-refractivity contribution in [2.24, 2.45) is 0 Å². The third-order valence-electron chi connectivity index (χ3n) is 2.82. The van der Waals surface area contributed by atoms with Gasteiger partial charge in [0, 0.05) is 18.5 Å². The van der Waals surface area contributed by atoms with Gasteiger partial charge in [0.2, 0.25) is 5.91 Å². The van der Waals surface area contributed by atoms with Gasteiger partial charge in [0.05, 0.1) is 10.7 Å². The van der Waals surface area contributed by atoms with Crippen molar-refractivity contribution in [2.45, 2.75) is 6.42 Å². The number of rotatable bonds is 5. The van der Waals surface area contributed by atoms with Gasteiger partial charge in [-0.2, -0.15) is 0 Å². The molecule has 0 aliphatic rings. The van der Waals surface area contributed by atoms with Gasteiger partial charge < -0.3 is 10.6 Å². The molecule has 2 aromatic rings. The summed E-state index contributed by atoms with van der Waals surface area (Å²) in [6.07, 6.45) is 0.184. The summed E-state index contributed by atoms with van der Waals surface area (Å²) < 4.78 is 0. The van der Waals surface area contributed by atoms with Crippen LogP contribution in [0.5, 0.6) is 0 Å². The number of carbonyl (C=O) groups is 2. The fraction of sp³-hybridized carbons (Fsp3) is 0.125. The van der Waals surface area contributed by atoms with E-state index in [0.717, 1.165) is 0 Å². The number of nitrogens with one attached hydrogen (secondary N) is 2. The van der Waals surface area contributed by atoms with Crippen LogP contribution in [0, 0.1) is 0 Å². The van der Waals surface area contributed by atoms with E-state index in [4.69, 9.17) is 11.6 Å². The zero-order valence-electron chi connectivity index (χ0n) is 11.3. The number of para-hydroxylation sites is 1. The van der Waals surface area contributed by atoms with E-state index >= 15 is 0 Å². The monoisotopic (exact) mass is 302 g/mol. The number of carbonyl (C=O) groups excluding carboxylic acids is 2. The summed E-state index contributed by atoms with van der Waals surface area (Å²) in [4.78, 5) is 23.5. The molecule has 0 radical (unpaired) electrons. The van der Waals surface area contributed by atoms with Crippen molar-refractivity contribution in [3.05, 3.63) is 65.2 Å². The second kappa shape index (κ2) is 7.45. The van der Waals surface area contributed by atoms with Crippen LogP contribution in [0.3, 0.4) is 0 Å². The van der Waals surface area contributed by atoms with Crippen molar-refractivity contribution < 1.29 is 9.59 Å². The molecule has 2 N–H and O–H groups in total. The molecule has 0 saturated carbocycles. The first-order valence-corrected chi connectivity index (χ1v) is 6.92. The highest BCUT2D eigenvalue weighted by Gasteiger charge is 2.07. The normalized spacial score (nSPS) is 9.95. The first-order valence-electron chi connectivity index (χ1n) is 6.54. The Morgan fingerprint density at radius 2 is 1.62 bits per heavy atom. The van der Waals surface area contributed by atoms with Crippen LogP contribution in [-0.2, 0) is 4.79 Å². The Labute approximate surface area is 128 Å². The number of amides is 2. The molecule has 0 aliphatic carbocycles. The molecule has 2 rings (SSSR count). The van der Waals surface area contributed by atoms with Crippen LogP contribution in [0.15, 0.2) is 54.6 Å². The first kappa shape index (κ1) is 15.1. The van der Waals surface area contributed by atoms with E-state index < -0.39 is 0 Å².